The number of hydrogen-bond acceptors (Lipinski definition) is 6. The molecule has 0 aliphatic heterocycles. The number of amides is 3. The van der Waals surface area contributed by atoms with Gasteiger partial charge in [-0.05, 0) is 36.0 Å². The molecule has 0 aliphatic rings. The third-order valence-electron chi connectivity index (χ3n) is 4.68. The van der Waals surface area contributed by atoms with Gasteiger partial charge in [0, 0.05) is 25.6 Å². The van der Waals surface area contributed by atoms with Gasteiger partial charge in [0.1, 0.15) is 12.6 Å². The zero-order chi connectivity index (χ0) is 24.8. The number of anilines is 1. The first kappa shape index (κ1) is 28.1. The van der Waals surface area contributed by atoms with Crippen molar-refractivity contribution in [2.45, 2.75) is 60.1 Å². The van der Waals surface area contributed by atoms with E-state index >= 15 is 0 Å². The van der Waals surface area contributed by atoms with Gasteiger partial charge in [0.15, 0.2) is 0 Å². The number of carbonyl (C=O) groups excluding carboxylic acids is 4. The lowest BCUT2D eigenvalue weighted by Gasteiger charge is -2.21. The summed E-state index contributed by atoms with van der Waals surface area (Å²) in [7, 11) is 0. The summed E-state index contributed by atoms with van der Waals surface area (Å²) in [6.07, 6.45) is 1.10. The average molecular weight is 464 g/mol. The first-order chi connectivity index (χ1) is 15.6. The molecule has 9 heteroatoms. The van der Waals surface area contributed by atoms with Crippen molar-refractivity contribution in [2.75, 3.05) is 25.1 Å². The first-order valence-electron chi connectivity index (χ1n) is 11.3. The van der Waals surface area contributed by atoms with Crippen LogP contribution in [0.2, 0.25) is 0 Å². The summed E-state index contributed by atoms with van der Waals surface area (Å²) in [4.78, 5) is 47.7. The van der Waals surface area contributed by atoms with E-state index in [0.29, 0.717) is 24.8 Å². The molecule has 1 aromatic carbocycles. The number of carbonyl (C=O) groups is 4. The van der Waals surface area contributed by atoms with Crippen molar-refractivity contribution in [2.24, 2.45) is 11.8 Å². The van der Waals surface area contributed by atoms with E-state index in [1.165, 1.54) is 6.92 Å². The van der Waals surface area contributed by atoms with Crippen LogP contribution in [0.25, 0.3) is 0 Å². The van der Waals surface area contributed by atoms with Crippen molar-refractivity contribution in [1.29, 1.82) is 0 Å². The van der Waals surface area contributed by atoms with Crippen LogP contribution in [0.1, 0.15) is 53.0 Å². The van der Waals surface area contributed by atoms with E-state index in [1.807, 2.05) is 13.8 Å². The maximum absolute atomic E-state index is 12.5. The monoisotopic (exact) mass is 463 g/mol. The van der Waals surface area contributed by atoms with Crippen LogP contribution in [0, 0.1) is 11.8 Å². The third kappa shape index (κ3) is 12.6. The standard InChI is InChI=1S/C24H37N3O6/c1-16(2)10-12-32-13-11-21(29)27-23(17(3)4)24(31)25-14-22(30)26-20-8-6-19(7-9-20)15-33-18(5)28/h6-9,16-17,23H,10-15H2,1-5H3,(H,25,31)(H,26,30)(H,27,29). The molecule has 9 nitrogen and oxygen atoms in total. The van der Waals surface area contributed by atoms with Crippen LogP contribution in [-0.2, 0) is 35.3 Å². The topological polar surface area (TPSA) is 123 Å². The third-order valence-corrected chi connectivity index (χ3v) is 4.68. The Kier molecular flexibility index (Phi) is 12.8. The molecular formula is C24H37N3O6. The van der Waals surface area contributed by atoms with Gasteiger partial charge in [-0.2, -0.15) is 0 Å². The van der Waals surface area contributed by atoms with Gasteiger partial charge < -0.3 is 25.4 Å². The van der Waals surface area contributed by atoms with Crippen molar-refractivity contribution >= 4 is 29.4 Å². The van der Waals surface area contributed by atoms with Gasteiger partial charge in [-0.1, -0.05) is 39.8 Å². The van der Waals surface area contributed by atoms with Crippen LogP contribution in [-0.4, -0.2) is 49.5 Å². The molecule has 1 atom stereocenters. The largest absolute Gasteiger partial charge is 0.461 e. The van der Waals surface area contributed by atoms with Crippen molar-refractivity contribution in [3.63, 3.8) is 0 Å². The molecule has 3 N–H and O–H groups in total. The summed E-state index contributed by atoms with van der Waals surface area (Å²) in [6.45, 7) is 10.0. The molecule has 0 bridgehead atoms. The fourth-order valence-corrected chi connectivity index (χ4v) is 2.72. The zero-order valence-corrected chi connectivity index (χ0v) is 20.2. The van der Waals surface area contributed by atoms with Crippen molar-refractivity contribution in [3.05, 3.63) is 29.8 Å². The van der Waals surface area contributed by atoms with E-state index in [1.54, 1.807) is 24.3 Å². The summed E-state index contributed by atoms with van der Waals surface area (Å²) in [5.74, 6) is -1.07. The molecule has 33 heavy (non-hydrogen) atoms. The Labute approximate surface area is 196 Å². The number of hydrogen-bond donors (Lipinski definition) is 3. The lowest BCUT2D eigenvalue weighted by atomic mass is 10.0. The molecule has 0 spiro atoms. The first-order valence-corrected chi connectivity index (χ1v) is 11.3. The Morgan fingerprint density at radius 1 is 0.939 bits per heavy atom. The van der Waals surface area contributed by atoms with Gasteiger partial charge in [-0.15, -0.1) is 0 Å². The molecule has 0 fully saturated rings. The van der Waals surface area contributed by atoms with E-state index < -0.39 is 17.9 Å². The van der Waals surface area contributed by atoms with Crippen LogP contribution >= 0.6 is 0 Å². The highest BCUT2D eigenvalue weighted by Crippen LogP contribution is 2.10. The number of ether oxygens (including phenoxy) is 2. The van der Waals surface area contributed by atoms with Crippen molar-refractivity contribution in [3.8, 4) is 0 Å². The fraction of sp³-hybridized carbons (Fsp3) is 0.583. The Morgan fingerprint density at radius 3 is 2.18 bits per heavy atom. The van der Waals surface area contributed by atoms with E-state index in [0.717, 1.165) is 12.0 Å². The molecule has 1 rings (SSSR count). The van der Waals surface area contributed by atoms with Gasteiger partial charge in [-0.3, -0.25) is 19.2 Å². The Balaban J connectivity index is 2.42. The van der Waals surface area contributed by atoms with Gasteiger partial charge in [-0.25, -0.2) is 0 Å². The SMILES string of the molecule is CC(=O)OCc1ccc(NC(=O)CNC(=O)C(NC(=O)CCOCCC(C)C)C(C)C)cc1. The highest BCUT2D eigenvalue weighted by atomic mass is 16.5. The highest BCUT2D eigenvalue weighted by molar-refractivity contribution is 5.96. The molecule has 0 saturated heterocycles. The van der Waals surface area contributed by atoms with Crippen LogP contribution < -0.4 is 16.0 Å². The van der Waals surface area contributed by atoms with Crippen LogP contribution in [0.3, 0.4) is 0 Å². The molecule has 1 unspecified atom stereocenters. The minimum Gasteiger partial charge on any atom is -0.461 e. The summed E-state index contributed by atoms with van der Waals surface area (Å²) in [5.41, 5.74) is 1.34. The van der Waals surface area contributed by atoms with E-state index in [9.17, 15) is 19.2 Å². The maximum Gasteiger partial charge on any atom is 0.302 e. The second-order valence-corrected chi connectivity index (χ2v) is 8.58. The number of rotatable bonds is 14. The summed E-state index contributed by atoms with van der Waals surface area (Å²) >= 11 is 0. The minimum absolute atomic E-state index is 0.149. The van der Waals surface area contributed by atoms with Crippen LogP contribution in [0.15, 0.2) is 24.3 Å². The Bertz CT molecular complexity index is 777. The predicted octanol–water partition coefficient (Wildman–Crippen LogP) is 2.40. The van der Waals surface area contributed by atoms with E-state index in [4.69, 9.17) is 9.47 Å². The second-order valence-electron chi connectivity index (χ2n) is 8.58. The van der Waals surface area contributed by atoms with Gasteiger partial charge in [0.25, 0.3) is 0 Å². The van der Waals surface area contributed by atoms with E-state index in [-0.39, 0.29) is 37.4 Å². The normalized spacial score (nSPS) is 11.7. The number of benzene rings is 1. The molecule has 0 aliphatic carbocycles. The lowest BCUT2D eigenvalue weighted by molar-refractivity contribution is -0.142. The van der Waals surface area contributed by atoms with Crippen LogP contribution in [0.5, 0.6) is 0 Å². The van der Waals surface area contributed by atoms with Gasteiger partial charge >= 0.3 is 5.97 Å². The summed E-state index contributed by atoms with van der Waals surface area (Å²) < 4.78 is 10.4. The second kappa shape index (κ2) is 15.0. The summed E-state index contributed by atoms with van der Waals surface area (Å²) in [6, 6.07) is 6.07. The molecule has 0 aromatic heterocycles. The summed E-state index contributed by atoms with van der Waals surface area (Å²) in [5, 5.41) is 7.97. The number of nitrogens with one attached hydrogen (secondary N) is 3. The molecule has 1 aromatic rings. The smallest absolute Gasteiger partial charge is 0.302 e. The van der Waals surface area contributed by atoms with Crippen molar-refractivity contribution < 1.29 is 28.7 Å². The van der Waals surface area contributed by atoms with Gasteiger partial charge in [0.2, 0.25) is 17.7 Å². The maximum atomic E-state index is 12.5. The quantitative estimate of drug-likeness (QED) is 0.288. The highest BCUT2D eigenvalue weighted by Gasteiger charge is 2.24. The predicted molar refractivity (Wildman–Crippen MR) is 125 cm³/mol. The molecular weight excluding hydrogens is 426 g/mol. The van der Waals surface area contributed by atoms with Crippen LogP contribution in [0.4, 0.5) is 5.69 Å². The number of esters is 1. The Morgan fingerprint density at radius 2 is 1.61 bits per heavy atom. The fourth-order valence-electron chi connectivity index (χ4n) is 2.72. The molecule has 0 heterocycles. The molecule has 0 radical (unpaired) electrons. The average Bonchev–Trinajstić information content (AvgIpc) is 2.74. The molecule has 3 amide bonds. The molecule has 0 saturated carbocycles. The minimum atomic E-state index is -0.749. The van der Waals surface area contributed by atoms with Crippen molar-refractivity contribution in [1.82, 2.24) is 10.6 Å². The van der Waals surface area contributed by atoms with Gasteiger partial charge in [0.05, 0.1) is 13.2 Å². The zero-order valence-electron chi connectivity index (χ0n) is 20.2. The lowest BCUT2D eigenvalue weighted by Crippen LogP contribution is -2.51. The molecule has 184 valence electrons. The van der Waals surface area contributed by atoms with E-state index in [2.05, 4.69) is 29.8 Å². The Hall–Kier alpha value is -2.94.